The minimum Gasteiger partial charge on any atom is -0.383 e. The molecule has 110 valence electrons. The molecule has 18 heavy (non-hydrogen) atoms. The second-order valence-corrected chi connectivity index (χ2v) is 5.70. The lowest BCUT2D eigenvalue weighted by atomic mass is 9.98. The molecule has 0 aliphatic rings. The SMILES string of the molecule is CCNC(CN(CCOC)CC(C)C)C(C)CC. The number of methoxy groups -OCH3 is 1. The molecule has 0 spiro atoms. The van der Waals surface area contributed by atoms with Crippen LogP contribution in [0.15, 0.2) is 0 Å². The maximum Gasteiger partial charge on any atom is 0.0589 e. The van der Waals surface area contributed by atoms with Crippen molar-refractivity contribution in [3.05, 3.63) is 0 Å². The van der Waals surface area contributed by atoms with Crippen LogP contribution in [-0.4, -0.2) is 50.8 Å². The maximum absolute atomic E-state index is 5.22. The Morgan fingerprint density at radius 1 is 1.11 bits per heavy atom. The third-order valence-electron chi connectivity index (χ3n) is 3.49. The molecule has 0 amide bonds. The minimum atomic E-state index is 0.593. The van der Waals surface area contributed by atoms with E-state index in [1.807, 2.05) is 0 Å². The molecule has 0 heterocycles. The van der Waals surface area contributed by atoms with Gasteiger partial charge < -0.3 is 10.1 Å². The van der Waals surface area contributed by atoms with Gasteiger partial charge in [-0.2, -0.15) is 0 Å². The molecule has 1 N–H and O–H groups in total. The van der Waals surface area contributed by atoms with E-state index in [1.165, 1.54) is 6.42 Å². The van der Waals surface area contributed by atoms with Gasteiger partial charge in [0.25, 0.3) is 0 Å². The van der Waals surface area contributed by atoms with Crippen LogP contribution >= 0.6 is 0 Å². The molecule has 2 unspecified atom stereocenters. The van der Waals surface area contributed by atoms with Crippen molar-refractivity contribution in [3.8, 4) is 0 Å². The second kappa shape index (κ2) is 10.8. The van der Waals surface area contributed by atoms with Crippen LogP contribution < -0.4 is 5.32 Å². The smallest absolute Gasteiger partial charge is 0.0589 e. The molecular weight excluding hydrogens is 224 g/mol. The standard InChI is InChI=1S/C15H34N2O/c1-7-14(5)15(16-8-2)12-17(9-10-18-6)11-13(3)4/h13-16H,7-12H2,1-6H3. The molecule has 3 nitrogen and oxygen atoms in total. The van der Waals surface area contributed by atoms with Crippen molar-refractivity contribution in [2.45, 2.75) is 47.1 Å². The van der Waals surface area contributed by atoms with Crippen molar-refractivity contribution in [1.29, 1.82) is 0 Å². The fourth-order valence-corrected chi connectivity index (χ4v) is 2.26. The van der Waals surface area contributed by atoms with E-state index in [2.05, 4.69) is 44.8 Å². The Morgan fingerprint density at radius 3 is 2.22 bits per heavy atom. The lowest BCUT2D eigenvalue weighted by molar-refractivity contribution is 0.125. The Balaban J connectivity index is 4.36. The van der Waals surface area contributed by atoms with Gasteiger partial charge in [-0.3, -0.25) is 4.90 Å². The molecule has 0 aromatic carbocycles. The zero-order valence-corrected chi connectivity index (χ0v) is 13.3. The molecule has 0 aromatic rings. The van der Waals surface area contributed by atoms with Gasteiger partial charge in [0.15, 0.2) is 0 Å². The van der Waals surface area contributed by atoms with Gasteiger partial charge in [0.05, 0.1) is 6.61 Å². The minimum absolute atomic E-state index is 0.593. The van der Waals surface area contributed by atoms with Gasteiger partial charge in [0.1, 0.15) is 0 Å². The number of nitrogens with zero attached hydrogens (tertiary/aromatic N) is 1. The van der Waals surface area contributed by atoms with Crippen LogP contribution in [0.2, 0.25) is 0 Å². The molecule has 0 aliphatic carbocycles. The fourth-order valence-electron chi connectivity index (χ4n) is 2.26. The van der Waals surface area contributed by atoms with Gasteiger partial charge in [-0.25, -0.2) is 0 Å². The molecule has 0 saturated carbocycles. The predicted molar refractivity (Wildman–Crippen MR) is 80.1 cm³/mol. The zero-order valence-electron chi connectivity index (χ0n) is 13.3. The third kappa shape index (κ3) is 8.06. The Bertz CT molecular complexity index is 185. The topological polar surface area (TPSA) is 24.5 Å². The summed E-state index contributed by atoms with van der Waals surface area (Å²) in [5.74, 6) is 1.43. The van der Waals surface area contributed by atoms with Crippen LogP contribution in [0, 0.1) is 11.8 Å². The first-order chi connectivity index (χ1) is 8.54. The van der Waals surface area contributed by atoms with Crippen LogP contribution in [-0.2, 0) is 4.74 Å². The van der Waals surface area contributed by atoms with Crippen molar-refractivity contribution >= 4 is 0 Å². The molecule has 0 rings (SSSR count). The molecule has 0 aromatic heterocycles. The van der Waals surface area contributed by atoms with Gasteiger partial charge in [-0.15, -0.1) is 0 Å². The lowest BCUT2D eigenvalue weighted by Crippen LogP contribution is -2.46. The zero-order chi connectivity index (χ0) is 14.0. The van der Waals surface area contributed by atoms with E-state index in [-0.39, 0.29) is 0 Å². The van der Waals surface area contributed by atoms with E-state index in [9.17, 15) is 0 Å². The summed E-state index contributed by atoms with van der Waals surface area (Å²) < 4.78 is 5.22. The Morgan fingerprint density at radius 2 is 1.78 bits per heavy atom. The monoisotopic (exact) mass is 258 g/mol. The van der Waals surface area contributed by atoms with Crippen molar-refractivity contribution in [2.75, 3.05) is 39.9 Å². The molecule has 3 heteroatoms. The summed E-state index contributed by atoms with van der Waals surface area (Å²) in [5.41, 5.74) is 0. The Labute approximate surface area is 114 Å². The molecular formula is C15H34N2O. The number of hydrogen-bond donors (Lipinski definition) is 1. The predicted octanol–water partition coefficient (Wildman–Crippen LogP) is 2.62. The van der Waals surface area contributed by atoms with Crippen molar-refractivity contribution in [1.82, 2.24) is 10.2 Å². The highest BCUT2D eigenvalue weighted by atomic mass is 16.5. The van der Waals surface area contributed by atoms with Crippen molar-refractivity contribution in [3.63, 3.8) is 0 Å². The average Bonchev–Trinajstić information content (AvgIpc) is 2.33. The summed E-state index contributed by atoms with van der Waals surface area (Å²) in [6.07, 6.45) is 1.23. The van der Waals surface area contributed by atoms with Crippen LogP contribution in [0.4, 0.5) is 0 Å². The second-order valence-electron chi connectivity index (χ2n) is 5.70. The molecule has 0 saturated heterocycles. The summed E-state index contributed by atoms with van der Waals surface area (Å²) in [4.78, 5) is 2.54. The van der Waals surface area contributed by atoms with E-state index < -0.39 is 0 Å². The van der Waals surface area contributed by atoms with Gasteiger partial charge >= 0.3 is 0 Å². The van der Waals surface area contributed by atoms with Gasteiger partial charge in [-0.1, -0.05) is 41.0 Å². The molecule has 0 radical (unpaired) electrons. The highest BCUT2D eigenvalue weighted by Gasteiger charge is 2.18. The number of rotatable bonds is 11. The Hall–Kier alpha value is -0.120. The third-order valence-corrected chi connectivity index (χ3v) is 3.49. The number of nitrogens with one attached hydrogen (secondary N) is 1. The van der Waals surface area contributed by atoms with Gasteiger partial charge in [0, 0.05) is 32.8 Å². The summed E-state index contributed by atoms with van der Waals surface area (Å²) in [5, 5.41) is 3.63. The summed E-state index contributed by atoms with van der Waals surface area (Å²) in [6, 6.07) is 0.593. The highest BCUT2D eigenvalue weighted by molar-refractivity contribution is 4.77. The lowest BCUT2D eigenvalue weighted by Gasteiger charge is -2.32. The number of hydrogen-bond acceptors (Lipinski definition) is 3. The van der Waals surface area contributed by atoms with Crippen molar-refractivity contribution < 1.29 is 4.74 Å². The number of likely N-dealkylation sites (N-methyl/N-ethyl adjacent to an activating group) is 1. The normalized spacial score (nSPS) is 15.3. The van der Waals surface area contributed by atoms with E-state index in [0.717, 1.165) is 38.7 Å². The summed E-state index contributed by atoms with van der Waals surface area (Å²) >= 11 is 0. The fraction of sp³-hybridized carbons (Fsp3) is 1.00. The molecule has 0 bridgehead atoms. The average molecular weight is 258 g/mol. The van der Waals surface area contributed by atoms with E-state index in [1.54, 1.807) is 7.11 Å². The van der Waals surface area contributed by atoms with Crippen LogP contribution in [0.3, 0.4) is 0 Å². The first-order valence-electron chi connectivity index (χ1n) is 7.49. The Kier molecular flexibility index (Phi) is 10.7. The quantitative estimate of drug-likeness (QED) is 0.616. The van der Waals surface area contributed by atoms with Gasteiger partial charge in [0.2, 0.25) is 0 Å². The van der Waals surface area contributed by atoms with E-state index in [4.69, 9.17) is 4.74 Å². The highest BCUT2D eigenvalue weighted by Crippen LogP contribution is 2.10. The molecule has 2 atom stereocenters. The summed E-state index contributed by atoms with van der Waals surface area (Å²) in [6.45, 7) is 16.6. The van der Waals surface area contributed by atoms with Gasteiger partial charge in [-0.05, 0) is 18.4 Å². The molecule has 0 aliphatic heterocycles. The van der Waals surface area contributed by atoms with E-state index in [0.29, 0.717) is 12.0 Å². The molecule has 0 fully saturated rings. The van der Waals surface area contributed by atoms with Crippen LogP contribution in [0.25, 0.3) is 0 Å². The van der Waals surface area contributed by atoms with E-state index >= 15 is 0 Å². The first-order valence-corrected chi connectivity index (χ1v) is 7.49. The summed E-state index contributed by atoms with van der Waals surface area (Å²) in [7, 11) is 1.78. The van der Waals surface area contributed by atoms with Crippen LogP contribution in [0.1, 0.15) is 41.0 Å². The van der Waals surface area contributed by atoms with Crippen LogP contribution in [0.5, 0.6) is 0 Å². The largest absolute Gasteiger partial charge is 0.383 e. The maximum atomic E-state index is 5.22. The van der Waals surface area contributed by atoms with Crippen molar-refractivity contribution in [2.24, 2.45) is 11.8 Å². The number of ether oxygens (including phenoxy) is 1. The first kappa shape index (κ1) is 17.9.